The maximum Gasteiger partial charge on any atom is 0.410 e. The number of nitrogens with zero attached hydrogens (tertiary/aromatic N) is 3. The summed E-state index contributed by atoms with van der Waals surface area (Å²) in [6.07, 6.45) is 2.70. The zero-order valence-electron chi connectivity index (χ0n) is 21.2. The molecular formula is C26H39N5O4. The van der Waals surface area contributed by atoms with E-state index in [1.54, 1.807) is 0 Å². The van der Waals surface area contributed by atoms with Gasteiger partial charge in [0.25, 0.3) is 0 Å². The number of carbonyl (C=O) groups is 3. The highest BCUT2D eigenvalue weighted by Gasteiger charge is 2.30. The summed E-state index contributed by atoms with van der Waals surface area (Å²) in [6.45, 7) is 12.1. The number of hydrogen-bond donors (Lipinski definition) is 2. The highest BCUT2D eigenvalue weighted by molar-refractivity contribution is 6.01. The molecule has 3 amide bonds. The van der Waals surface area contributed by atoms with E-state index in [-0.39, 0.29) is 23.9 Å². The number of piperidine rings is 2. The molecule has 3 fully saturated rings. The summed E-state index contributed by atoms with van der Waals surface area (Å²) < 4.78 is 5.51. The van der Waals surface area contributed by atoms with Crippen molar-refractivity contribution in [2.75, 3.05) is 56.0 Å². The van der Waals surface area contributed by atoms with Crippen LogP contribution >= 0.6 is 0 Å². The number of amides is 3. The van der Waals surface area contributed by atoms with Crippen LogP contribution in [0.15, 0.2) is 24.3 Å². The Hall–Kier alpha value is -2.81. The Bertz CT molecular complexity index is 915. The van der Waals surface area contributed by atoms with Crippen LogP contribution in [0.4, 0.5) is 16.2 Å². The van der Waals surface area contributed by atoms with Crippen LogP contribution in [0.25, 0.3) is 0 Å². The number of rotatable bonds is 5. The molecule has 0 saturated carbocycles. The lowest BCUT2D eigenvalue weighted by Crippen LogP contribution is -2.50. The number of nitrogens with one attached hydrogen (secondary N) is 2. The van der Waals surface area contributed by atoms with Crippen LogP contribution in [0.1, 0.15) is 46.5 Å². The third kappa shape index (κ3) is 6.87. The van der Waals surface area contributed by atoms with Gasteiger partial charge in [-0.1, -0.05) is 12.1 Å². The first-order valence-electron chi connectivity index (χ1n) is 12.8. The fourth-order valence-corrected chi connectivity index (χ4v) is 5.05. The van der Waals surface area contributed by atoms with Gasteiger partial charge in [-0.25, -0.2) is 4.79 Å². The van der Waals surface area contributed by atoms with Crippen LogP contribution in [0, 0.1) is 5.92 Å². The first-order chi connectivity index (χ1) is 16.7. The van der Waals surface area contributed by atoms with E-state index in [2.05, 4.69) is 26.5 Å². The zero-order valence-corrected chi connectivity index (χ0v) is 21.2. The molecule has 1 aromatic rings. The number of anilines is 2. The SMILES string of the molecule is CC(C)(C)OC(=O)N1CCC(CN2CCN(c3ccccc3NC3CCC(=O)NC3=O)CC2)CC1. The number of piperazine rings is 1. The Kier molecular flexibility index (Phi) is 7.84. The van der Waals surface area contributed by atoms with Crippen molar-refractivity contribution in [1.82, 2.24) is 15.1 Å². The summed E-state index contributed by atoms with van der Waals surface area (Å²) in [5.41, 5.74) is 1.58. The van der Waals surface area contributed by atoms with E-state index in [9.17, 15) is 14.4 Å². The average molecular weight is 486 g/mol. The maximum atomic E-state index is 12.3. The van der Waals surface area contributed by atoms with E-state index in [4.69, 9.17) is 4.74 Å². The Morgan fingerprint density at radius 1 is 1.03 bits per heavy atom. The second kappa shape index (κ2) is 10.8. The highest BCUT2D eigenvalue weighted by Crippen LogP contribution is 2.29. The first-order valence-corrected chi connectivity index (χ1v) is 12.8. The summed E-state index contributed by atoms with van der Waals surface area (Å²) in [7, 11) is 0. The molecule has 1 atom stereocenters. The van der Waals surface area contributed by atoms with E-state index >= 15 is 0 Å². The molecule has 9 nitrogen and oxygen atoms in total. The molecule has 4 rings (SSSR count). The molecule has 9 heteroatoms. The lowest BCUT2D eigenvalue weighted by atomic mass is 9.96. The summed E-state index contributed by atoms with van der Waals surface area (Å²) in [5.74, 6) is 0.147. The average Bonchev–Trinajstić information content (AvgIpc) is 2.81. The van der Waals surface area contributed by atoms with Gasteiger partial charge in [0, 0.05) is 52.2 Å². The van der Waals surface area contributed by atoms with E-state index in [1.807, 2.05) is 43.9 Å². The molecule has 0 spiro atoms. The van der Waals surface area contributed by atoms with Gasteiger partial charge in [-0.2, -0.15) is 0 Å². The van der Waals surface area contributed by atoms with Crippen LogP contribution in [-0.4, -0.2) is 85.2 Å². The first kappa shape index (κ1) is 25.3. The summed E-state index contributed by atoms with van der Waals surface area (Å²) in [5, 5.41) is 5.78. The van der Waals surface area contributed by atoms with Gasteiger partial charge in [-0.3, -0.25) is 19.8 Å². The number of likely N-dealkylation sites (tertiary alicyclic amines) is 1. The fraction of sp³-hybridized carbons (Fsp3) is 0.654. The van der Waals surface area contributed by atoms with Gasteiger partial charge in [-0.15, -0.1) is 0 Å². The Morgan fingerprint density at radius 2 is 1.71 bits per heavy atom. The van der Waals surface area contributed by atoms with Gasteiger partial charge in [0.15, 0.2) is 0 Å². The van der Waals surface area contributed by atoms with Crippen LogP contribution in [0.2, 0.25) is 0 Å². The summed E-state index contributed by atoms with van der Waals surface area (Å²) >= 11 is 0. The zero-order chi connectivity index (χ0) is 25.0. The standard InChI is InChI=1S/C26H39N5O4/c1-26(2,3)35-25(34)31-12-10-19(11-13-31)18-29-14-16-30(17-15-29)22-7-5-4-6-20(22)27-21-8-9-23(32)28-24(21)33/h4-7,19,21,27H,8-18H2,1-3H3,(H,28,32,33). The minimum atomic E-state index is -0.455. The van der Waals surface area contributed by atoms with E-state index in [0.29, 0.717) is 18.8 Å². The predicted molar refractivity (Wildman–Crippen MR) is 135 cm³/mol. The topological polar surface area (TPSA) is 94.2 Å². The van der Waals surface area contributed by atoms with Gasteiger partial charge in [0.2, 0.25) is 11.8 Å². The fourth-order valence-electron chi connectivity index (χ4n) is 5.05. The van der Waals surface area contributed by atoms with Crippen molar-refractivity contribution in [1.29, 1.82) is 0 Å². The molecule has 2 N–H and O–H groups in total. The molecule has 3 saturated heterocycles. The lowest BCUT2D eigenvalue weighted by molar-refractivity contribution is -0.133. The second-order valence-electron chi connectivity index (χ2n) is 10.9. The van der Waals surface area contributed by atoms with Crippen molar-refractivity contribution in [3.63, 3.8) is 0 Å². The van der Waals surface area contributed by atoms with Crippen molar-refractivity contribution in [3.05, 3.63) is 24.3 Å². The van der Waals surface area contributed by atoms with Crippen molar-refractivity contribution < 1.29 is 19.1 Å². The number of hydrogen-bond acceptors (Lipinski definition) is 7. The van der Waals surface area contributed by atoms with Crippen molar-refractivity contribution in [2.24, 2.45) is 5.92 Å². The van der Waals surface area contributed by atoms with Crippen molar-refractivity contribution in [3.8, 4) is 0 Å². The normalized spacial score (nSPS) is 22.7. The van der Waals surface area contributed by atoms with Crippen molar-refractivity contribution >= 4 is 29.3 Å². The van der Waals surface area contributed by atoms with Crippen LogP contribution in [0.5, 0.6) is 0 Å². The van der Waals surface area contributed by atoms with Gasteiger partial charge >= 0.3 is 6.09 Å². The molecular weight excluding hydrogens is 446 g/mol. The summed E-state index contributed by atoms with van der Waals surface area (Å²) in [6, 6.07) is 7.70. The number of imide groups is 1. The molecule has 3 aliphatic rings. The summed E-state index contributed by atoms with van der Waals surface area (Å²) in [4.78, 5) is 42.7. The third-order valence-electron chi connectivity index (χ3n) is 6.97. The molecule has 0 aromatic heterocycles. The quantitative estimate of drug-likeness (QED) is 0.620. The molecule has 3 heterocycles. The van der Waals surface area contributed by atoms with Crippen LogP contribution in [0.3, 0.4) is 0 Å². The molecule has 35 heavy (non-hydrogen) atoms. The number of benzene rings is 1. The minimum absolute atomic E-state index is 0.200. The predicted octanol–water partition coefficient (Wildman–Crippen LogP) is 2.67. The Balaban J connectivity index is 1.24. The van der Waals surface area contributed by atoms with Crippen LogP contribution < -0.4 is 15.5 Å². The van der Waals surface area contributed by atoms with Gasteiger partial charge in [0.1, 0.15) is 11.6 Å². The molecule has 3 aliphatic heterocycles. The Morgan fingerprint density at radius 3 is 2.37 bits per heavy atom. The van der Waals surface area contributed by atoms with Gasteiger partial charge in [0.05, 0.1) is 11.4 Å². The Labute approximate surface area is 208 Å². The molecule has 0 aliphatic carbocycles. The van der Waals surface area contributed by atoms with Gasteiger partial charge < -0.3 is 19.9 Å². The number of para-hydroxylation sites is 2. The molecule has 1 unspecified atom stereocenters. The van der Waals surface area contributed by atoms with Crippen molar-refractivity contribution in [2.45, 2.75) is 58.1 Å². The van der Waals surface area contributed by atoms with E-state index < -0.39 is 5.60 Å². The highest BCUT2D eigenvalue weighted by atomic mass is 16.6. The monoisotopic (exact) mass is 485 g/mol. The molecule has 0 radical (unpaired) electrons. The minimum Gasteiger partial charge on any atom is -0.444 e. The largest absolute Gasteiger partial charge is 0.444 e. The molecule has 192 valence electrons. The maximum absolute atomic E-state index is 12.3. The van der Waals surface area contributed by atoms with E-state index in [1.165, 1.54) is 0 Å². The third-order valence-corrected chi connectivity index (χ3v) is 6.97. The van der Waals surface area contributed by atoms with Crippen LogP contribution in [-0.2, 0) is 14.3 Å². The number of ether oxygens (including phenoxy) is 1. The van der Waals surface area contributed by atoms with E-state index in [0.717, 1.165) is 70.0 Å². The lowest BCUT2D eigenvalue weighted by Gasteiger charge is -2.40. The van der Waals surface area contributed by atoms with Gasteiger partial charge in [-0.05, 0) is 58.1 Å². The second-order valence-corrected chi connectivity index (χ2v) is 10.9. The molecule has 0 bridgehead atoms. The number of carbonyl (C=O) groups excluding carboxylic acids is 3. The smallest absolute Gasteiger partial charge is 0.410 e. The molecule has 1 aromatic carbocycles.